The molecule has 5 nitrogen and oxygen atoms in total. The van der Waals surface area contributed by atoms with E-state index in [1.54, 1.807) is 0 Å². The highest BCUT2D eigenvalue weighted by Gasteiger charge is 2.21. The number of rotatable bonds is 6. The minimum Gasteiger partial charge on any atom is -0.378 e. The predicted molar refractivity (Wildman–Crippen MR) is 115 cm³/mol. The van der Waals surface area contributed by atoms with Crippen molar-refractivity contribution >= 4 is 16.8 Å². The molecule has 1 amide bonds. The number of nitrogens with zero attached hydrogens (tertiary/aromatic N) is 3. The first-order valence-electron chi connectivity index (χ1n) is 10.5. The Morgan fingerprint density at radius 3 is 2.69 bits per heavy atom. The molecule has 0 bridgehead atoms. The first-order chi connectivity index (χ1) is 14.1. The zero-order chi connectivity index (χ0) is 20.2. The fourth-order valence-electron chi connectivity index (χ4n) is 4.34. The lowest BCUT2D eigenvalue weighted by atomic mass is 10.0. The number of carbonyl (C=O) groups excluding carboxylic acids is 1. The summed E-state index contributed by atoms with van der Waals surface area (Å²) in [6.45, 7) is 6.99. The Hall–Kier alpha value is -2.66. The maximum absolute atomic E-state index is 12.6. The molecule has 1 saturated heterocycles. The van der Waals surface area contributed by atoms with Crippen LogP contribution in [0.15, 0.2) is 48.8 Å². The van der Waals surface area contributed by atoms with Crippen LogP contribution >= 0.6 is 0 Å². The summed E-state index contributed by atoms with van der Waals surface area (Å²) in [7, 11) is 0. The zero-order valence-electron chi connectivity index (χ0n) is 17.3. The molecule has 4 rings (SSSR count). The molecule has 0 aliphatic carbocycles. The van der Waals surface area contributed by atoms with E-state index in [9.17, 15) is 4.79 Å². The van der Waals surface area contributed by atoms with Crippen molar-refractivity contribution in [3.8, 4) is 0 Å². The van der Waals surface area contributed by atoms with Gasteiger partial charge in [0.05, 0.1) is 30.5 Å². The van der Waals surface area contributed by atoms with Crippen LogP contribution in [0.25, 0.3) is 10.9 Å². The zero-order valence-corrected chi connectivity index (χ0v) is 17.3. The molecule has 0 saturated carbocycles. The lowest BCUT2D eigenvalue weighted by Gasteiger charge is -2.27. The summed E-state index contributed by atoms with van der Waals surface area (Å²) in [5.74, 6) is 0.235. The summed E-state index contributed by atoms with van der Waals surface area (Å²) in [5, 5.41) is 1.24. The average molecular weight is 392 g/mol. The molecule has 0 radical (unpaired) electrons. The number of hydrogen-bond acceptors (Lipinski definition) is 3. The van der Waals surface area contributed by atoms with Crippen LogP contribution in [0.2, 0.25) is 0 Å². The van der Waals surface area contributed by atoms with Gasteiger partial charge in [0.1, 0.15) is 0 Å². The smallest absolute Gasteiger partial charge is 0.222 e. The minimum atomic E-state index is 0.118. The van der Waals surface area contributed by atoms with E-state index in [2.05, 4.69) is 54.9 Å². The SMILES string of the molecule is Cc1cccnc1C(CCCC(=O)N1CCOCC1)n1ccc2cccc(C)c21. The van der Waals surface area contributed by atoms with Gasteiger partial charge in [0.15, 0.2) is 0 Å². The molecule has 1 aliphatic heterocycles. The molecule has 2 aromatic heterocycles. The molecule has 3 heterocycles. The number of ether oxygens (including phenoxy) is 1. The number of hydrogen-bond donors (Lipinski definition) is 0. The predicted octanol–water partition coefficient (Wildman–Crippen LogP) is 4.27. The molecule has 5 heteroatoms. The molecular weight excluding hydrogens is 362 g/mol. The molecule has 1 atom stereocenters. The summed E-state index contributed by atoms with van der Waals surface area (Å²) >= 11 is 0. The maximum atomic E-state index is 12.6. The van der Waals surface area contributed by atoms with Gasteiger partial charge in [-0.15, -0.1) is 0 Å². The topological polar surface area (TPSA) is 47.4 Å². The first kappa shape index (κ1) is 19.6. The van der Waals surface area contributed by atoms with E-state index in [0.29, 0.717) is 32.7 Å². The third-order valence-electron chi connectivity index (χ3n) is 5.88. The van der Waals surface area contributed by atoms with Crippen molar-refractivity contribution in [2.45, 2.75) is 39.2 Å². The summed E-state index contributed by atoms with van der Waals surface area (Å²) < 4.78 is 7.71. The Morgan fingerprint density at radius 2 is 1.90 bits per heavy atom. The second-order valence-electron chi connectivity index (χ2n) is 7.84. The summed E-state index contributed by atoms with van der Waals surface area (Å²) in [6, 6.07) is 12.8. The highest BCUT2D eigenvalue weighted by Crippen LogP contribution is 2.31. The Morgan fingerprint density at radius 1 is 1.10 bits per heavy atom. The number of aromatic nitrogens is 2. The van der Waals surface area contributed by atoms with E-state index in [1.807, 2.05) is 17.2 Å². The second kappa shape index (κ2) is 8.78. The van der Waals surface area contributed by atoms with E-state index < -0.39 is 0 Å². The van der Waals surface area contributed by atoms with Crippen molar-refractivity contribution in [3.05, 3.63) is 65.6 Å². The molecule has 1 unspecified atom stereocenters. The van der Waals surface area contributed by atoms with Gasteiger partial charge in [0.2, 0.25) is 5.91 Å². The number of carbonyl (C=O) groups is 1. The number of benzene rings is 1. The van der Waals surface area contributed by atoms with Crippen LogP contribution in [0.5, 0.6) is 0 Å². The van der Waals surface area contributed by atoms with Crippen molar-refractivity contribution in [3.63, 3.8) is 0 Å². The normalized spacial score (nSPS) is 15.6. The fraction of sp³-hybridized carbons (Fsp3) is 0.417. The lowest BCUT2D eigenvalue weighted by molar-refractivity contribution is -0.135. The number of amides is 1. The lowest BCUT2D eigenvalue weighted by Crippen LogP contribution is -2.40. The Labute approximate surface area is 172 Å². The van der Waals surface area contributed by atoms with Crippen LogP contribution in [0.3, 0.4) is 0 Å². The van der Waals surface area contributed by atoms with Gasteiger partial charge in [-0.25, -0.2) is 0 Å². The summed E-state index contributed by atoms with van der Waals surface area (Å²) in [4.78, 5) is 19.2. The number of aryl methyl sites for hydroxylation is 2. The van der Waals surface area contributed by atoms with E-state index in [-0.39, 0.29) is 11.9 Å². The van der Waals surface area contributed by atoms with Crippen LogP contribution in [-0.4, -0.2) is 46.7 Å². The number of pyridine rings is 1. The minimum absolute atomic E-state index is 0.118. The van der Waals surface area contributed by atoms with Crippen molar-refractivity contribution in [2.75, 3.05) is 26.3 Å². The van der Waals surface area contributed by atoms with E-state index in [1.165, 1.54) is 22.0 Å². The monoisotopic (exact) mass is 391 g/mol. The van der Waals surface area contributed by atoms with Crippen LogP contribution in [0.1, 0.15) is 42.1 Å². The van der Waals surface area contributed by atoms with E-state index in [0.717, 1.165) is 18.5 Å². The summed E-state index contributed by atoms with van der Waals surface area (Å²) in [5.41, 5.74) is 4.79. The summed E-state index contributed by atoms with van der Waals surface area (Å²) in [6.07, 6.45) is 6.32. The van der Waals surface area contributed by atoms with E-state index in [4.69, 9.17) is 9.72 Å². The fourth-order valence-corrected chi connectivity index (χ4v) is 4.34. The molecule has 152 valence electrons. The van der Waals surface area contributed by atoms with Gasteiger partial charge in [-0.2, -0.15) is 0 Å². The van der Waals surface area contributed by atoms with E-state index >= 15 is 0 Å². The third-order valence-corrected chi connectivity index (χ3v) is 5.88. The van der Waals surface area contributed by atoms with Crippen LogP contribution in [-0.2, 0) is 9.53 Å². The Balaban J connectivity index is 1.58. The van der Waals surface area contributed by atoms with Crippen LogP contribution in [0.4, 0.5) is 0 Å². The molecule has 1 fully saturated rings. The van der Waals surface area contributed by atoms with Gasteiger partial charge in [-0.3, -0.25) is 9.78 Å². The molecule has 0 spiro atoms. The molecule has 1 aromatic carbocycles. The van der Waals surface area contributed by atoms with Gasteiger partial charge >= 0.3 is 0 Å². The number of fused-ring (bicyclic) bond motifs is 1. The van der Waals surface area contributed by atoms with Crippen LogP contribution in [0, 0.1) is 13.8 Å². The van der Waals surface area contributed by atoms with Gasteiger partial charge in [-0.1, -0.05) is 24.3 Å². The largest absolute Gasteiger partial charge is 0.378 e. The average Bonchev–Trinajstić information content (AvgIpc) is 3.18. The van der Waals surface area contributed by atoms with Crippen molar-refractivity contribution in [1.29, 1.82) is 0 Å². The molecule has 1 aliphatic rings. The van der Waals surface area contributed by atoms with Gasteiger partial charge in [0.25, 0.3) is 0 Å². The quantitative estimate of drug-likeness (QED) is 0.630. The first-order valence-corrected chi connectivity index (χ1v) is 10.5. The van der Waals surface area contributed by atoms with Crippen molar-refractivity contribution in [2.24, 2.45) is 0 Å². The number of morpholine rings is 1. The second-order valence-corrected chi connectivity index (χ2v) is 7.84. The number of para-hydroxylation sites is 1. The molecule has 29 heavy (non-hydrogen) atoms. The van der Waals surface area contributed by atoms with Crippen molar-refractivity contribution < 1.29 is 9.53 Å². The third kappa shape index (κ3) is 4.20. The Kier molecular flexibility index (Phi) is 5.95. The highest BCUT2D eigenvalue weighted by molar-refractivity contribution is 5.83. The van der Waals surface area contributed by atoms with Crippen molar-refractivity contribution in [1.82, 2.24) is 14.5 Å². The molecule has 0 N–H and O–H groups in total. The van der Waals surface area contributed by atoms with Gasteiger partial charge < -0.3 is 14.2 Å². The molecule has 3 aromatic rings. The standard InChI is InChI=1S/C24H29N3O2/c1-18-7-5-12-25-23(18)21(9-4-10-22(28)26-14-16-29-17-15-26)27-13-11-20-8-3-6-19(2)24(20)27/h3,5-8,11-13,21H,4,9-10,14-17H2,1-2H3. The highest BCUT2D eigenvalue weighted by atomic mass is 16.5. The van der Waals surface area contributed by atoms with Gasteiger partial charge in [-0.05, 0) is 55.3 Å². The molecular formula is C24H29N3O2. The maximum Gasteiger partial charge on any atom is 0.222 e. The van der Waals surface area contributed by atoms with Gasteiger partial charge in [0, 0.05) is 31.9 Å². The van der Waals surface area contributed by atoms with Crippen LogP contribution < -0.4 is 0 Å². The Bertz CT molecular complexity index is 989.